The summed E-state index contributed by atoms with van der Waals surface area (Å²) in [5, 5.41) is 3.29. The third-order valence-electron chi connectivity index (χ3n) is 3.01. The molecule has 0 aliphatic carbocycles. The van der Waals surface area contributed by atoms with E-state index in [1.807, 2.05) is 12.1 Å². The van der Waals surface area contributed by atoms with Crippen LogP contribution in [0.5, 0.6) is 5.75 Å². The van der Waals surface area contributed by atoms with Crippen LogP contribution in [0.15, 0.2) is 24.3 Å². The molecule has 18 heavy (non-hydrogen) atoms. The topological polar surface area (TPSA) is 41.6 Å². The predicted molar refractivity (Wildman–Crippen MR) is 70.8 cm³/mol. The molecule has 4 nitrogen and oxygen atoms in total. The van der Waals surface area contributed by atoms with Gasteiger partial charge >= 0.3 is 0 Å². The Morgan fingerprint density at radius 3 is 2.50 bits per heavy atom. The molecule has 2 rings (SSSR count). The Balaban J connectivity index is 1.96. The maximum absolute atomic E-state index is 11.6. The summed E-state index contributed by atoms with van der Waals surface area (Å²) in [6.45, 7) is 2.00. The van der Waals surface area contributed by atoms with E-state index in [1.165, 1.54) is 7.05 Å². The first-order valence-corrected chi connectivity index (χ1v) is 6.17. The molecule has 0 aromatic heterocycles. The van der Waals surface area contributed by atoms with Gasteiger partial charge in [0.05, 0.1) is 0 Å². The molecule has 1 aromatic carbocycles. The van der Waals surface area contributed by atoms with Gasteiger partial charge in [-0.3, -0.25) is 4.79 Å². The van der Waals surface area contributed by atoms with Crippen LogP contribution in [0.25, 0.3) is 0 Å². The van der Waals surface area contributed by atoms with Gasteiger partial charge in [0, 0.05) is 5.56 Å². The van der Waals surface area contributed by atoms with Crippen molar-refractivity contribution in [3.8, 4) is 5.75 Å². The molecule has 1 fully saturated rings. The van der Waals surface area contributed by atoms with Crippen LogP contribution in [0.3, 0.4) is 0 Å². The summed E-state index contributed by atoms with van der Waals surface area (Å²) in [5.74, 6) is 0.599. The molecule has 1 saturated heterocycles. The van der Waals surface area contributed by atoms with Gasteiger partial charge in [0.1, 0.15) is 11.9 Å². The number of nitrogens with one attached hydrogen (secondary N) is 1. The fraction of sp³-hybridized carbons (Fsp3) is 0.462. The van der Waals surface area contributed by atoms with Gasteiger partial charge in [-0.25, -0.2) is 0 Å². The molecule has 0 saturated carbocycles. The smallest absolute Gasteiger partial charge is 0.240 e. The summed E-state index contributed by atoms with van der Waals surface area (Å²) in [7, 11) is 6.93. The number of ether oxygens (including phenoxy) is 1. The predicted octanol–water partition coefficient (Wildman–Crippen LogP) is 0.973. The Hall–Kier alpha value is -1.49. The first-order valence-electron chi connectivity index (χ1n) is 6.17. The lowest BCUT2D eigenvalue weighted by Crippen LogP contribution is -2.34. The molecule has 1 heterocycles. The normalized spacial score (nSPS) is 16.3. The van der Waals surface area contributed by atoms with Gasteiger partial charge in [0.25, 0.3) is 0 Å². The highest BCUT2D eigenvalue weighted by Crippen LogP contribution is 2.17. The zero-order chi connectivity index (χ0) is 13.0. The summed E-state index contributed by atoms with van der Waals surface area (Å²) in [6.07, 6.45) is 2.31. The van der Waals surface area contributed by atoms with Crippen molar-refractivity contribution < 1.29 is 9.53 Å². The Morgan fingerprint density at radius 1 is 1.33 bits per heavy atom. The standard InChI is InChI=1S/C13H17BN2O2/c1-16(14)13(17)10-2-4-11(5-3-10)18-12-6-8-15-9-7-12/h2-5,12,15H,6-9H2,1H3. The zero-order valence-corrected chi connectivity index (χ0v) is 10.6. The maximum atomic E-state index is 11.6. The lowest BCUT2D eigenvalue weighted by molar-refractivity contribution is 0.0884. The SMILES string of the molecule is [B]N(C)C(=O)c1ccc(OC2CCNCC2)cc1. The molecule has 1 N–H and O–H groups in total. The summed E-state index contributed by atoms with van der Waals surface area (Å²) in [5.41, 5.74) is 0.567. The van der Waals surface area contributed by atoms with E-state index >= 15 is 0 Å². The molecule has 1 amide bonds. The third-order valence-corrected chi connectivity index (χ3v) is 3.01. The van der Waals surface area contributed by atoms with Crippen LogP contribution in [0.4, 0.5) is 0 Å². The van der Waals surface area contributed by atoms with Gasteiger partial charge in [-0.15, -0.1) is 0 Å². The zero-order valence-electron chi connectivity index (χ0n) is 10.6. The minimum Gasteiger partial charge on any atom is -0.490 e. The molecule has 2 radical (unpaired) electrons. The first kappa shape index (κ1) is 13.0. The van der Waals surface area contributed by atoms with Crippen molar-refractivity contribution in [2.24, 2.45) is 0 Å². The lowest BCUT2D eigenvalue weighted by Gasteiger charge is -2.23. The summed E-state index contributed by atoms with van der Waals surface area (Å²) >= 11 is 0. The van der Waals surface area contributed by atoms with Crippen LogP contribution in [0, 0.1) is 0 Å². The van der Waals surface area contributed by atoms with Crippen molar-refractivity contribution >= 4 is 13.9 Å². The van der Waals surface area contributed by atoms with E-state index in [4.69, 9.17) is 12.7 Å². The average Bonchev–Trinajstić information content (AvgIpc) is 2.40. The monoisotopic (exact) mass is 244 g/mol. The molecular weight excluding hydrogens is 227 g/mol. The van der Waals surface area contributed by atoms with Crippen molar-refractivity contribution in [3.05, 3.63) is 29.8 Å². The highest BCUT2D eigenvalue weighted by atomic mass is 16.5. The molecule has 94 valence electrons. The second kappa shape index (κ2) is 5.91. The molecule has 1 aliphatic rings. The minimum absolute atomic E-state index is 0.205. The Kier molecular flexibility index (Phi) is 4.26. The molecule has 0 bridgehead atoms. The summed E-state index contributed by atoms with van der Waals surface area (Å²) in [4.78, 5) is 12.7. The van der Waals surface area contributed by atoms with Crippen molar-refractivity contribution in [1.29, 1.82) is 0 Å². The van der Waals surface area contributed by atoms with E-state index in [1.54, 1.807) is 12.1 Å². The lowest BCUT2D eigenvalue weighted by atomic mass is 10.1. The van der Waals surface area contributed by atoms with E-state index < -0.39 is 0 Å². The second-order valence-electron chi connectivity index (χ2n) is 4.51. The van der Waals surface area contributed by atoms with E-state index in [9.17, 15) is 4.79 Å². The van der Waals surface area contributed by atoms with Crippen molar-refractivity contribution in [2.45, 2.75) is 18.9 Å². The molecule has 5 heteroatoms. The number of hydrogen-bond donors (Lipinski definition) is 1. The highest BCUT2D eigenvalue weighted by Gasteiger charge is 2.14. The van der Waals surface area contributed by atoms with Gasteiger partial charge < -0.3 is 14.9 Å². The molecule has 0 unspecified atom stereocenters. The van der Waals surface area contributed by atoms with Gasteiger partial charge in [-0.1, -0.05) is 0 Å². The molecule has 1 aliphatic heterocycles. The number of benzene rings is 1. The highest BCUT2D eigenvalue weighted by molar-refractivity contribution is 6.17. The average molecular weight is 244 g/mol. The van der Waals surface area contributed by atoms with Gasteiger partial charge in [0.15, 0.2) is 0 Å². The van der Waals surface area contributed by atoms with Gasteiger partial charge in [-0.2, -0.15) is 0 Å². The number of rotatable bonds is 3. The van der Waals surface area contributed by atoms with E-state index in [0.29, 0.717) is 5.56 Å². The largest absolute Gasteiger partial charge is 0.490 e. The maximum Gasteiger partial charge on any atom is 0.240 e. The van der Waals surface area contributed by atoms with Gasteiger partial charge in [0.2, 0.25) is 13.9 Å². The fourth-order valence-electron chi connectivity index (χ4n) is 1.99. The van der Waals surface area contributed by atoms with E-state index in [0.717, 1.165) is 36.5 Å². The van der Waals surface area contributed by atoms with Crippen LogP contribution in [0.1, 0.15) is 23.2 Å². The Morgan fingerprint density at radius 2 is 1.94 bits per heavy atom. The van der Waals surface area contributed by atoms with Crippen LogP contribution >= 0.6 is 0 Å². The Labute approximate surface area is 109 Å². The quantitative estimate of drug-likeness (QED) is 0.805. The Bertz CT molecular complexity index is 400. The minimum atomic E-state index is -0.205. The van der Waals surface area contributed by atoms with Crippen LogP contribution < -0.4 is 10.1 Å². The number of amides is 1. The number of carbonyl (C=O) groups excluding carboxylic acids is 1. The fourth-order valence-corrected chi connectivity index (χ4v) is 1.99. The summed E-state index contributed by atoms with van der Waals surface area (Å²) in [6, 6.07) is 7.11. The number of nitrogens with zero attached hydrogens (tertiary/aromatic N) is 1. The van der Waals surface area contributed by atoms with Crippen LogP contribution in [0.2, 0.25) is 0 Å². The number of hydrogen-bond acceptors (Lipinski definition) is 3. The molecular formula is C13H17BN2O2. The summed E-state index contributed by atoms with van der Waals surface area (Å²) < 4.78 is 5.85. The molecule has 0 atom stereocenters. The van der Waals surface area contributed by atoms with E-state index in [-0.39, 0.29) is 12.0 Å². The second-order valence-corrected chi connectivity index (χ2v) is 4.51. The van der Waals surface area contributed by atoms with E-state index in [2.05, 4.69) is 5.32 Å². The van der Waals surface area contributed by atoms with Crippen molar-refractivity contribution in [1.82, 2.24) is 10.1 Å². The molecule has 1 aromatic rings. The van der Waals surface area contributed by atoms with Crippen molar-refractivity contribution in [3.63, 3.8) is 0 Å². The molecule has 0 spiro atoms. The number of carbonyl (C=O) groups is 1. The van der Waals surface area contributed by atoms with Gasteiger partial charge in [-0.05, 0) is 57.2 Å². The van der Waals surface area contributed by atoms with Crippen molar-refractivity contribution in [2.75, 3.05) is 20.1 Å². The van der Waals surface area contributed by atoms with Crippen LogP contribution in [-0.4, -0.2) is 44.9 Å². The van der Waals surface area contributed by atoms with Crippen LogP contribution in [-0.2, 0) is 0 Å². The third kappa shape index (κ3) is 3.26. The number of piperidine rings is 1. The first-order chi connectivity index (χ1) is 8.66.